The van der Waals surface area contributed by atoms with E-state index in [1.807, 2.05) is 18.3 Å². The molecule has 1 aliphatic rings. The molecule has 0 aliphatic carbocycles. The predicted octanol–water partition coefficient (Wildman–Crippen LogP) is 2.50. The number of hydrogen-bond acceptors (Lipinski definition) is 4. The lowest BCUT2D eigenvalue weighted by atomic mass is 10.0. The van der Waals surface area contributed by atoms with Crippen molar-refractivity contribution in [2.75, 3.05) is 18.0 Å². The van der Waals surface area contributed by atoms with Gasteiger partial charge in [0.15, 0.2) is 0 Å². The van der Waals surface area contributed by atoms with Gasteiger partial charge in [-0.1, -0.05) is 0 Å². The molecule has 0 saturated carbocycles. The van der Waals surface area contributed by atoms with Crippen LogP contribution in [-0.4, -0.2) is 35.0 Å². The monoisotopic (exact) mass is 348 g/mol. The van der Waals surface area contributed by atoms with Crippen LogP contribution in [-0.2, 0) is 4.79 Å². The highest BCUT2D eigenvalue weighted by Crippen LogP contribution is 2.27. The lowest BCUT2D eigenvalue weighted by Gasteiger charge is -2.34. The summed E-state index contributed by atoms with van der Waals surface area (Å²) in [7, 11) is 0. The van der Waals surface area contributed by atoms with Crippen molar-refractivity contribution in [1.29, 1.82) is 0 Å². The first-order valence-corrected chi connectivity index (χ1v) is 7.85. The van der Waals surface area contributed by atoms with Gasteiger partial charge in [0.05, 0.1) is 11.2 Å². The third-order valence-corrected chi connectivity index (χ3v) is 4.13. The highest BCUT2D eigenvalue weighted by atomic mass is 79.9. The number of rotatable bonds is 2. The maximum absolute atomic E-state index is 11.2. The number of carbonyl (C=O) groups excluding carboxylic acids is 1. The lowest BCUT2D eigenvalue weighted by molar-refractivity contribution is -0.119. The standard InChI is InChI=1S/C15H17BrN4O/c1-10(21)19-12-3-2-6-20(9-12)14-4-5-17-13-7-11(16)8-18-15(13)14/h4-5,7-8,12H,2-3,6,9H2,1H3,(H,19,21)/t12-/m0/s1. The minimum atomic E-state index is 0.0310. The quantitative estimate of drug-likeness (QED) is 0.905. The summed E-state index contributed by atoms with van der Waals surface area (Å²) >= 11 is 3.43. The summed E-state index contributed by atoms with van der Waals surface area (Å²) in [5, 5.41) is 3.01. The zero-order valence-corrected chi connectivity index (χ0v) is 13.4. The van der Waals surface area contributed by atoms with E-state index >= 15 is 0 Å². The minimum absolute atomic E-state index is 0.0310. The maximum Gasteiger partial charge on any atom is 0.217 e. The second-order valence-corrected chi connectivity index (χ2v) is 6.25. The molecule has 3 rings (SSSR count). The molecule has 0 radical (unpaired) electrons. The molecule has 1 fully saturated rings. The second kappa shape index (κ2) is 5.97. The fraction of sp³-hybridized carbons (Fsp3) is 0.400. The van der Waals surface area contributed by atoms with E-state index in [1.54, 1.807) is 13.1 Å². The van der Waals surface area contributed by atoms with Gasteiger partial charge in [0.25, 0.3) is 0 Å². The Morgan fingerprint density at radius 3 is 3.14 bits per heavy atom. The summed E-state index contributed by atoms with van der Waals surface area (Å²) in [6.45, 7) is 3.36. The van der Waals surface area contributed by atoms with Crippen molar-refractivity contribution in [1.82, 2.24) is 15.3 Å². The molecule has 0 aromatic carbocycles. The lowest BCUT2D eigenvalue weighted by Crippen LogP contribution is -2.47. The first-order chi connectivity index (χ1) is 10.1. The highest BCUT2D eigenvalue weighted by Gasteiger charge is 2.22. The van der Waals surface area contributed by atoms with Crippen LogP contribution < -0.4 is 10.2 Å². The third-order valence-electron chi connectivity index (χ3n) is 3.69. The van der Waals surface area contributed by atoms with E-state index < -0.39 is 0 Å². The van der Waals surface area contributed by atoms with Crippen molar-refractivity contribution in [3.8, 4) is 0 Å². The largest absolute Gasteiger partial charge is 0.368 e. The molecule has 110 valence electrons. The van der Waals surface area contributed by atoms with Gasteiger partial charge in [-0.3, -0.25) is 14.8 Å². The molecule has 1 N–H and O–H groups in total. The molecule has 5 nitrogen and oxygen atoms in total. The molecule has 0 spiro atoms. The second-order valence-electron chi connectivity index (χ2n) is 5.34. The molecule has 0 unspecified atom stereocenters. The number of halogens is 1. The van der Waals surface area contributed by atoms with Crippen molar-refractivity contribution in [3.05, 3.63) is 29.0 Å². The summed E-state index contributed by atoms with van der Waals surface area (Å²) in [5.74, 6) is 0.0310. The normalized spacial score (nSPS) is 18.8. The summed E-state index contributed by atoms with van der Waals surface area (Å²) < 4.78 is 0.925. The number of nitrogens with zero attached hydrogens (tertiary/aromatic N) is 3. The number of anilines is 1. The van der Waals surface area contributed by atoms with Gasteiger partial charge in [-0.15, -0.1) is 0 Å². The fourth-order valence-corrected chi connectivity index (χ4v) is 3.17. The molecular formula is C15H17BrN4O. The van der Waals surface area contributed by atoms with Crippen LogP contribution in [0.2, 0.25) is 0 Å². The Morgan fingerprint density at radius 1 is 1.48 bits per heavy atom. The molecule has 2 aromatic rings. The number of hydrogen-bond donors (Lipinski definition) is 1. The number of aromatic nitrogens is 2. The van der Waals surface area contributed by atoms with Gasteiger partial charge in [-0.2, -0.15) is 0 Å². The molecule has 3 heterocycles. The average Bonchev–Trinajstić information content (AvgIpc) is 2.46. The van der Waals surface area contributed by atoms with E-state index in [-0.39, 0.29) is 11.9 Å². The Bertz CT molecular complexity index is 676. The molecular weight excluding hydrogens is 332 g/mol. The smallest absolute Gasteiger partial charge is 0.217 e. The summed E-state index contributed by atoms with van der Waals surface area (Å²) in [5.41, 5.74) is 2.87. The number of fused-ring (bicyclic) bond motifs is 1. The van der Waals surface area contributed by atoms with Gasteiger partial charge >= 0.3 is 0 Å². The molecule has 1 atom stereocenters. The van der Waals surface area contributed by atoms with E-state index in [4.69, 9.17) is 0 Å². The van der Waals surface area contributed by atoms with Gasteiger partial charge in [0.1, 0.15) is 5.52 Å². The van der Waals surface area contributed by atoms with Crippen LogP contribution in [0.5, 0.6) is 0 Å². The number of piperidine rings is 1. The fourth-order valence-electron chi connectivity index (χ4n) is 2.85. The Labute approximate surface area is 131 Å². The topological polar surface area (TPSA) is 58.1 Å². The predicted molar refractivity (Wildman–Crippen MR) is 86.3 cm³/mol. The van der Waals surface area contributed by atoms with E-state index in [0.717, 1.165) is 47.1 Å². The zero-order chi connectivity index (χ0) is 14.8. The van der Waals surface area contributed by atoms with Crippen molar-refractivity contribution in [2.24, 2.45) is 0 Å². The minimum Gasteiger partial charge on any atom is -0.368 e. The Kier molecular flexibility index (Phi) is 4.05. The van der Waals surface area contributed by atoms with Crippen LogP contribution in [0.4, 0.5) is 5.69 Å². The maximum atomic E-state index is 11.2. The molecule has 2 aromatic heterocycles. The summed E-state index contributed by atoms with van der Waals surface area (Å²) in [6, 6.07) is 4.18. The Balaban J connectivity index is 1.91. The third kappa shape index (κ3) is 3.15. The van der Waals surface area contributed by atoms with Crippen LogP contribution >= 0.6 is 15.9 Å². The van der Waals surface area contributed by atoms with Gasteiger partial charge < -0.3 is 10.2 Å². The molecule has 6 heteroatoms. The molecule has 1 amide bonds. The molecule has 1 aliphatic heterocycles. The first-order valence-electron chi connectivity index (χ1n) is 7.06. The Hall–Kier alpha value is -1.69. The summed E-state index contributed by atoms with van der Waals surface area (Å²) in [6.07, 6.45) is 5.69. The van der Waals surface area contributed by atoms with Crippen molar-refractivity contribution in [3.63, 3.8) is 0 Å². The Morgan fingerprint density at radius 2 is 2.33 bits per heavy atom. The van der Waals surface area contributed by atoms with Crippen molar-refractivity contribution < 1.29 is 4.79 Å². The van der Waals surface area contributed by atoms with Crippen LogP contribution in [0.1, 0.15) is 19.8 Å². The molecule has 0 bridgehead atoms. The van der Waals surface area contributed by atoms with E-state index in [1.165, 1.54) is 0 Å². The van der Waals surface area contributed by atoms with Gasteiger partial charge in [0, 0.05) is 42.9 Å². The van der Waals surface area contributed by atoms with Crippen LogP contribution in [0, 0.1) is 0 Å². The van der Waals surface area contributed by atoms with Crippen LogP contribution in [0.15, 0.2) is 29.0 Å². The van der Waals surface area contributed by atoms with Gasteiger partial charge in [0.2, 0.25) is 5.91 Å². The number of nitrogens with one attached hydrogen (secondary N) is 1. The van der Waals surface area contributed by atoms with Crippen molar-refractivity contribution >= 4 is 38.6 Å². The van der Waals surface area contributed by atoms with E-state index in [9.17, 15) is 4.79 Å². The zero-order valence-electron chi connectivity index (χ0n) is 11.8. The van der Waals surface area contributed by atoms with Crippen LogP contribution in [0.3, 0.4) is 0 Å². The number of amides is 1. The molecule has 1 saturated heterocycles. The van der Waals surface area contributed by atoms with Crippen molar-refractivity contribution in [2.45, 2.75) is 25.8 Å². The van der Waals surface area contributed by atoms with E-state index in [2.05, 4.69) is 36.1 Å². The van der Waals surface area contributed by atoms with Gasteiger partial charge in [-0.05, 0) is 40.9 Å². The number of carbonyl (C=O) groups is 1. The SMILES string of the molecule is CC(=O)N[C@H]1CCCN(c2ccnc3cc(Br)cnc23)C1. The summed E-state index contributed by atoms with van der Waals surface area (Å²) in [4.78, 5) is 22.4. The van der Waals surface area contributed by atoms with Gasteiger partial charge in [-0.25, -0.2) is 0 Å². The van der Waals surface area contributed by atoms with Crippen LogP contribution in [0.25, 0.3) is 11.0 Å². The first kappa shape index (κ1) is 14.3. The number of pyridine rings is 2. The van der Waals surface area contributed by atoms with E-state index in [0.29, 0.717) is 0 Å². The highest BCUT2D eigenvalue weighted by molar-refractivity contribution is 9.10. The molecule has 21 heavy (non-hydrogen) atoms. The average molecular weight is 349 g/mol.